The molecular formula is C14H14N2O. The number of amidine groups is 1. The van der Waals surface area contributed by atoms with Gasteiger partial charge in [-0.25, -0.2) is 0 Å². The van der Waals surface area contributed by atoms with Gasteiger partial charge in [0.2, 0.25) is 0 Å². The second-order valence-corrected chi connectivity index (χ2v) is 4.09. The summed E-state index contributed by atoms with van der Waals surface area (Å²) >= 11 is 0. The van der Waals surface area contributed by atoms with Crippen molar-refractivity contribution in [3.8, 4) is 0 Å². The van der Waals surface area contributed by atoms with Gasteiger partial charge in [0.25, 0.3) is 0 Å². The number of benzene rings is 1. The maximum atomic E-state index is 5.41. The molecule has 3 nitrogen and oxygen atoms in total. The Kier molecular flexibility index (Phi) is 2.66. The van der Waals surface area contributed by atoms with Crippen LogP contribution in [0.2, 0.25) is 0 Å². The highest BCUT2D eigenvalue weighted by Gasteiger charge is 2.20. The molecule has 1 aliphatic rings. The number of hydrogen-bond donors (Lipinski definition) is 0. The Hall–Kier alpha value is -2.03. The van der Waals surface area contributed by atoms with Crippen LogP contribution in [-0.2, 0) is 6.54 Å². The zero-order valence-corrected chi connectivity index (χ0v) is 9.54. The molecular weight excluding hydrogens is 212 g/mol. The van der Waals surface area contributed by atoms with Crippen LogP contribution < -0.4 is 0 Å². The zero-order valence-electron chi connectivity index (χ0n) is 9.54. The van der Waals surface area contributed by atoms with Crippen LogP contribution in [0.15, 0.2) is 58.1 Å². The monoisotopic (exact) mass is 226 g/mol. The molecule has 0 N–H and O–H groups in total. The predicted molar refractivity (Wildman–Crippen MR) is 67.0 cm³/mol. The highest BCUT2D eigenvalue weighted by molar-refractivity contribution is 5.97. The van der Waals surface area contributed by atoms with E-state index in [2.05, 4.69) is 34.2 Å². The summed E-state index contributed by atoms with van der Waals surface area (Å²) < 4.78 is 5.41. The van der Waals surface area contributed by atoms with E-state index in [-0.39, 0.29) is 0 Å². The first kappa shape index (κ1) is 10.1. The Labute approximate surface area is 100 Å². The fourth-order valence-corrected chi connectivity index (χ4v) is 2.08. The number of rotatable bonds is 3. The third-order valence-electron chi connectivity index (χ3n) is 2.89. The van der Waals surface area contributed by atoms with Crippen LogP contribution >= 0.6 is 0 Å². The van der Waals surface area contributed by atoms with Gasteiger partial charge < -0.3 is 9.32 Å². The first-order chi connectivity index (χ1) is 8.43. The molecule has 0 bridgehead atoms. The molecule has 0 spiro atoms. The van der Waals surface area contributed by atoms with E-state index >= 15 is 0 Å². The molecule has 3 rings (SSSR count). The van der Waals surface area contributed by atoms with E-state index in [1.54, 1.807) is 6.26 Å². The van der Waals surface area contributed by atoms with Gasteiger partial charge in [0, 0.05) is 13.1 Å². The molecule has 86 valence electrons. The van der Waals surface area contributed by atoms with Gasteiger partial charge in [0.15, 0.2) is 11.6 Å². The summed E-state index contributed by atoms with van der Waals surface area (Å²) in [5.41, 5.74) is 1.30. The van der Waals surface area contributed by atoms with E-state index in [0.29, 0.717) is 0 Å². The molecule has 0 radical (unpaired) electrons. The van der Waals surface area contributed by atoms with Crippen LogP contribution in [0.4, 0.5) is 0 Å². The first-order valence-corrected chi connectivity index (χ1v) is 5.81. The Balaban J connectivity index is 1.79. The number of furan rings is 1. The third-order valence-corrected chi connectivity index (χ3v) is 2.89. The van der Waals surface area contributed by atoms with E-state index in [1.807, 2.05) is 18.2 Å². The van der Waals surface area contributed by atoms with Crippen LogP contribution in [0.1, 0.15) is 11.3 Å². The van der Waals surface area contributed by atoms with Crippen molar-refractivity contribution in [2.75, 3.05) is 13.1 Å². The van der Waals surface area contributed by atoms with Crippen molar-refractivity contribution in [2.45, 2.75) is 6.54 Å². The van der Waals surface area contributed by atoms with E-state index in [9.17, 15) is 0 Å². The van der Waals surface area contributed by atoms with Crippen LogP contribution in [0.3, 0.4) is 0 Å². The number of hydrogen-bond acceptors (Lipinski definition) is 3. The average Bonchev–Trinajstić information content (AvgIpc) is 3.00. The van der Waals surface area contributed by atoms with E-state index < -0.39 is 0 Å². The molecule has 1 aromatic carbocycles. The molecule has 17 heavy (non-hydrogen) atoms. The summed E-state index contributed by atoms with van der Waals surface area (Å²) in [6.45, 7) is 2.70. The highest BCUT2D eigenvalue weighted by Crippen LogP contribution is 2.15. The van der Waals surface area contributed by atoms with Crippen molar-refractivity contribution in [3.05, 3.63) is 60.1 Å². The van der Waals surface area contributed by atoms with Crippen molar-refractivity contribution in [1.82, 2.24) is 4.90 Å². The summed E-state index contributed by atoms with van der Waals surface area (Å²) in [5.74, 6) is 1.83. The Morgan fingerprint density at radius 3 is 2.76 bits per heavy atom. The minimum Gasteiger partial charge on any atom is -0.461 e. The summed E-state index contributed by atoms with van der Waals surface area (Å²) in [6.07, 6.45) is 1.69. The summed E-state index contributed by atoms with van der Waals surface area (Å²) in [7, 11) is 0. The van der Waals surface area contributed by atoms with Gasteiger partial charge in [0.1, 0.15) is 0 Å². The molecule has 1 aliphatic heterocycles. The van der Waals surface area contributed by atoms with Gasteiger partial charge >= 0.3 is 0 Å². The van der Waals surface area contributed by atoms with Crippen molar-refractivity contribution in [1.29, 1.82) is 0 Å². The van der Waals surface area contributed by atoms with Crippen molar-refractivity contribution >= 4 is 5.84 Å². The lowest BCUT2D eigenvalue weighted by atomic mass is 10.2. The number of nitrogens with zero attached hydrogens (tertiary/aromatic N) is 2. The van der Waals surface area contributed by atoms with Crippen LogP contribution in [0.25, 0.3) is 0 Å². The summed E-state index contributed by atoms with van der Waals surface area (Å²) in [6, 6.07) is 14.3. The molecule has 3 heteroatoms. The van der Waals surface area contributed by atoms with Crippen LogP contribution in [0, 0.1) is 0 Å². The van der Waals surface area contributed by atoms with E-state index in [4.69, 9.17) is 4.42 Å². The molecule has 0 fully saturated rings. The Bertz CT molecular complexity index is 502. The van der Waals surface area contributed by atoms with E-state index in [0.717, 1.165) is 31.2 Å². The fraction of sp³-hybridized carbons (Fsp3) is 0.214. The van der Waals surface area contributed by atoms with Crippen molar-refractivity contribution in [2.24, 2.45) is 4.99 Å². The third kappa shape index (κ3) is 2.09. The van der Waals surface area contributed by atoms with Crippen LogP contribution in [-0.4, -0.2) is 23.8 Å². The standard InChI is InChI=1S/C14H14N2O/c1-2-5-12(6-3-1)11-16-9-8-15-14(16)13-7-4-10-17-13/h1-7,10H,8-9,11H2. The van der Waals surface area contributed by atoms with E-state index in [1.165, 1.54) is 5.56 Å². The second kappa shape index (κ2) is 4.45. The zero-order chi connectivity index (χ0) is 11.5. The Morgan fingerprint density at radius 2 is 2.00 bits per heavy atom. The first-order valence-electron chi connectivity index (χ1n) is 5.81. The quantitative estimate of drug-likeness (QED) is 0.804. The topological polar surface area (TPSA) is 28.7 Å². The molecule has 2 aromatic rings. The largest absolute Gasteiger partial charge is 0.461 e. The number of aliphatic imine (C=N–C) groups is 1. The normalized spacial score (nSPS) is 15.1. The maximum Gasteiger partial charge on any atom is 0.168 e. The van der Waals surface area contributed by atoms with Gasteiger partial charge in [0.05, 0.1) is 12.8 Å². The lowest BCUT2D eigenvalue weighted by Gasteiger charge is -2.18. The van der Waals surface area contributed by atoms with Gasteiger partial charge in [-0.1, -0.05) is 30.3 Å². The van der Waals surface area contributed by atoms with Gasteiger partial charge in [-0.3, -0.25) is 4.99 Å². The molecule has 2 heterocycles. The smallest absolute Gasteiger partial charge is 0.168 e. The second-order valence-electron chi connectivity index (χ2n) is 4.09. The van der Waals surface area contributed by atoms with Crippen molar-refractivity contribution in [3.63, 3.8) is 0 Å². The minimum absolute atomic E-state index is 0.850. The molecule has 0 unspecified atom stereocenters. The molecule has 0 atom stereocenters. The van der Waals surface area contributed by atoms with Crippen molar-refractivity contribution < 1.29 is 4.42 Å². The predicted octanol–water partition coefficient (Wildman–Crippen LogP) is 2.54. The highest BCUT2D eigenvalue weighted by atomic mass is 16.3. The maximum absolute atomic E-state index is 5.41. The summed E-state index contributed by atoms with van der Waals surface area (Å²) in [5, 5.41) is 0. The fourth-order valence-electron chi connectivity index (χ4n) is 2.08. The molecule has 0 saturated heterocycles. The summed E-state index contributed by atoms with van der Waals surface area (Å²) in [4.78, 5) is 6.76. The molecule has 0 saturated carbocycles. The van der Waals surface area contributed by atoms with Gasteiger partial charge in [-0.05, 0) is 17.7 Å². The molecule has 0 amide bonds. The van der Waals surface area contributed by atoms with Gasteiger partial charge in [-0.2, -0.15) is 0 Å². The average molecular weight is 226 g/mol. The lowest BCUT2D eigenvalue weighted by Crippen LogP contribution is -2.27. The van der Waals surface area contributed by atoms with Crippen LogP contribution in [0.5, 0.6) is 0 Å². The SMILES string of the molecule is c1ccc(CN2CCN=C2c2ccco2)cc1. The minimum atomic E-state index is 0.850. The molecule has 1 aromatic heterocycles. The molecule has 0 aliphatic carbocycles. The Morgan fingerprint density at radius 1 is 1.12 bits per heavy atom. The lowest BCUT2D eigenvalue weighted by molar-refractivity contribution is 0.438. The van der Waals surface area contributed by atoms with Gasteiger partial charge in [-0.15, -0.1) is 0 Å².